The van der Waals surface area contributed by atoms with Gasteiger partial charge >= 0.3 is 0 Å². The van der Waals surface area contributed by atoms with Crippen molar-refractivity contribution < 1.29 is 4.42 Å². The lowest BCUT2D eigenvalue weighted by Crippen LogP contribution is -1.82. The summed E-state index contributed by atoms with van der Waals surface area (Å²) in [6, 6.07) is 7.78. The van der Waals surface area contributed by atoms with Gasteiger partial charge in [0.1, 0.15) is 5.52 Å². The van der Waals surface area contributed by atoms with Crippen molar-refractivity contribution in [3.63, 3.8) is 0 Å². The van der Waals surface area contributed by atoms with E-state index in [9.17, 15) is 0 Å². The van der Waals surface area contributed by atoms with Gasteiger partial charge in [0, 0.05) is 4.88 Å². The largest absolute Gasteiger partial charge is 0.435 e. The zero-order valence-corrected chi connectivity index (χ0v) is 11.4. The summed E-state index contributed by atoms with van der Waals surface area (Å²) in [6.07, 6.45) is 0. The third-order valence-electron chi connectivity index (χ3n) is 2.48. The van der Waals surface area contributed by atoms with Crippen LogP contribution in [0.1, 0.15) is 4.88 Å². The molecule has 0 aliphatic rings. The van der Waals surface area contributed by atoms with Crippen LogP contribution in [0.25, 0.3) is 22.6 Å². The first-order valence-electron chi connectivity index (χ1n) is 5.06. The molecular formula is C12H9BrN2OS. The zero-order chi connectivity index (χ0) is 12.0. The van der Waals surface area contributed by atoms with Crippen molar-refractivity contribution in [2.45, 2.75) is 6.92 Å². The highest BCUT2D eigenvalue weighted by Gasteiger charge is 2.14. The number of fused-ring (bicyclic) bond motifs is 1. The first-order chi connectivity index (χ1) is 8.15. The van der Waals surface area contributed by atoms with Crippen molar-refractivity contribution in [1.82, 2.24) is 4.98 Å². The Morgan fingerprint density at radius 1 is 1.41 bits per heavy atom. The van der Waals surface area contributed by atoms with Crippen molar-refractivity contribution in [2.24, 2.45) is 0 Å². The second-order valence-electron chi connectivity index (χ2n) is 3.74. The van der Waals surface area contributed by atoms with Crippen LogP contribution in [-0.4, -0.2) is 4.98 Å². The summed E-state index contributed by atoms with van der Waals surface area (Å²) in [5, 5.41) is 0.741. The summed E-state index contributed by atoms with van der Waals surface area (Å²) >= 11 is 4.99. The molecule has 5 heteroatoms. The topological polar surface area (TPSA) is 52.0 Å². The molecule has 3 rings (SSSR count). The van der Waals surface area contributed by atoms with Crippen molar-refractivity contribution in [3.05, 3.63) is 33.6 Å². The van der Waals surface area contributed by atoms with Crippen molar-refractivity contribution in [2.75, 3.05) is 5.73 Å². The minimum absolute atomic E-state index is 0.578. The van der Waals surface area contributed by atoms with E-state index >= 15 is 0 Å². The maximum absolute atomic E-state index is 5.94. The van der Waals surface area contributed by atoms with Crippen LogP contribution in [0, 0.1) is 6.92 Å². The molecule has 86 valence electrons. The Morgan fingerprint density at radius 2 is 2.24 bits per heavy atom. The number of hydrogen-bond donors (Lipinski definition) is 1. The van der Waals surface area contributed by atoms with E-state index in [2.05, 4.69) is 20.9 Å². The SMILES string of the molecule is Cc1cc(-c2nc3cccc(Br)c3o2)c(N)s1. The Hall–Kier alpha value is -1.33. The molecular weight excluding hydrogens is 300 g/mol. The Labute approximate surface area is 110 Å². The van der Waals surface area contributed by atoms with Crippen LogP contribution in [0.2, 0.25) is 0 Å². The molecule has 0 atom stereocenters. The van der Waals surface area contributed by atoms with E-state index in [0.29, 0.717) is 5.89 Å². The predicted molar refractivity (Wildman–Crippen MR) is 74.2 cm³/mol. The minimum atomic E-state index is 0.578. The Morgan fingerprint density at radius 3 is 2.88 bits per heavy atom. The second-order valence-corrected chi connectivity index (χ2v) is 5.88. The van der Waals surface area contributed by atoms with Crippen LogP contribution < -0.4 is 5.73 Å². The van der Waals surface area contributed by atoms with Crippen LogP contribution in [0.4, 0.5) is 5.00 Å². The molecule has 0 spiro atoms. The van der Waals surface area contributed by atoms with Gasteiger partial charge in [-0.05, 0) is 41.1 Å². The van der Waals surface area contributed by atoms with Gasteiger partial charge in [-0.3, -0.25) is 0 Å². The Kier molecular flexibility index (Phi) is 2.45. The van der Waals surface area contributed by atoms with E-state index in [1.54, 1.807) is 11.3 Å². The number of thiophene rings is 1. The number of hydrogen-bond acceptors (Lipinski definition) is 4. The fourth-order valence-corrected chi connectivity index (χ4v) is 2.95. The average molecular weight is 309 g/mol. The number of rotatable bonds is 1. The van der Waals surface area contributed by atoms with Gasteiger partial charge in [-0.25, -0.2) is 4.98 Å². The van der Waals surface area contributed by atoms with E-state index in [1.807, 2.05) is 31.2 Å². The lowest BCUT2D eigenvalue weighted by molar-refractivity contribution is 0.618. The number of nitrogen functional groups attached to an aromatic ring is 1. The van der Waals surface area contributed by atoms with Gasteiger partial charge in [0.15, 0.2) is 5.58 Å². The number of oxazole rings is 1. The number of aryl methyl sites for hydroxylation is 1. The molecule has 3 nitrogen and oxygen atoms in total. The highest BCUT2D eigenvalue weighted by molar-refractivity contribution is 9.10. The van der Waals surface area contributed by atoms with Crippen LogP contribution in [0.5, 0.6) is 0 Å². The molecule has 0 saturated carbocycles. The monoisotopic (exact) mass is 308 g/mol. The van der Waals surface area contributed by atoms with Gasteiger partial charge in [0.2, 0.25) is 5.89 Å². The maximum atomic E-state index is 5.94. The molecule has 0 aliphatic heterocycles. The molecule has 0 radical (unpaired) electrons. The summed E-state index contributed by atoms with van der Waals surface area (Å²) in [6.45, 7) is 2.02. The first-order valence-corrected chi connectivity index (χ1v) is 6.67. The smallest absolute Gasteiger partial charge is 0.230 e. The number of nitrogens with zero attached hydrogens (tertiary/aromatic N) is 1. The number of para-hydroxylation sites is 1. The third kappa shape index (κ3) is 1.75. The van der Waals surface area contributed by atoms with Crippen molar-refractivity contribution >= 4 is 43.4 Å². The fraction of sp³-hybridized carbons (Fsp3) is 0.0833. The highest BCUT2D eigenvalue weighted by Crippen LogP contribution is 2.36. The first kappa shape index (κ1) is 10.8. The van der Waals surface area contributed by atoms with E-state index in [0.717, 1.165) is 31.0 Å². The summed E-state index contributed by atoms with van der Waals surface area (Å²) in [4.78, 5) is 5.60. The van der Waals surface area contributed by atoms with Crippen LogP contribution in [-0.2, 0) is 0 Å². The van der Waals surface area contributed by atoms with Gasteiger partial charge in [-0.15, -0.1) is 11.3 Å². The molecule has 1 aromatic carbocycles. The zero-order valence-electron chi connectivity index (χ0n) is 9.03. The number of benzene rings is 1. The van der Waals surface area contributed by atoms with E-state index in [-0.39, 0.29) is 0 Å². The summed E-state index contributed by atoms with van der Waals surface area (Å²) in [5.41, 5.74) is 8.40. The summed E-state index contributed by atoms with van der Waals surface area (Å²) in [7, 11) is 0. The summed E-state index contributed by atoms with van der Waals surface area (Å²) < 4.78 is 6.65. The molecule has 0 saturated heterocycles. The van der Waals surface area contributed by atoms with Gasteiger partial charge in [-0.2, -0.15) is 0 Å². The minimum Gasteiger partial charge on any atom is -0.435 e. The molecule has 0 fully saturated rings. The Balaban J connectivity index is 2.25. The van der Waals surface area contributed by atoms with Gasteiger partial charge in [0.25, 0.3) is 0 Å². The molecule has 2 heterocycles. The predicted octanol–water partition coefficient (Wildman–Crippen LogP) is 4.21. The Bertz CT molecular complexity index is 702. The molecule has 0 aliphatic carbocycles. The van der Waals surface area contributed by atoms with E-state index < -0.39 is 0 Å². The van der Waals surface area contributed by atoms with Crippen LogP contribution in [0.3, 0.4) is 0 Å². The standard InChI is InChI=1S/C12H9BrN2OS/c1-6-5-7(11(14)17-6)12-15-9-4-2-3-8(13)10(9)16-12/h2-5H,14H2,1H3. The fourth-order valence-electron chi connectivity index (χ4n) is 1.73. The van der Waals surface area contributed by atoms with Crippen LogP contribution >= 0.6 is 27.3 Å². The molecule has 3 aromatic rings. The second kappa shape index (κ2) is 3.85. The molecule has 0 unspecified atom stereocenters. The van der Waals surface area contributed by atoms with Gasteiger partial charge < -0.3 is 10.2 Å². The van der Waals surface area contributed by atoms with Crippen molar-refractivity contribution in [3.8, 4) is 11.5 Å². The van der Waals surface area contributed by atoms with E-state index in [1.165, 1.54) is 0 Å². The maximum Gasteiger partial charge on any atom is 0.230 e. The lowest BCUT2D eigenvalue weighted by Gasteiger charge is -1.91. The third-order valence-corrected chi connectivity index (χ3v) is 3.99. The van der Waals surface area contributed by atoms with Crippen molar-refractivity contribution in [1.29, 1.82) is 0 Å². The number of anilines is 1. The molecule has 0 bridgehead atoms. The van der Waals surface area contributed by atoms with E-state index in [4.69, 9.17) is 10.2 Å². The number of halogens is 1. The van der Waals surface area contributed by atoms with Crippen LogP contribution in [0.15, 0.2) is 33.2 Å². The summed E-state index contributed by atoms with van der Waals surface area (Å²) in [5.74, 6) is 0.578. The average Bonchev–Trinajstić information content (AvgIpc) is 2.82. The lowest BCUT2D eigenvalue weighted by atomic mass is 10.3. The number of aromatic nitrogens is 1. The normalized spacial score (nSPS) is 11.2. The highest BCUT2D eigenvalue weighted by atomic mass is 79.9. The number of nitrogens with two attached hydrogens (primary N) is 1. The van der Waals surface area contributed by atoms with Gasteiger partial charge in [-0.1, -0.05) is 6.07 Å². The molecule has 0 amide bonds. The quantitative estimate of drug-likeness (QED) is 0.732. The van der Waals surface area contributed by atoms with Gasteiger partial charge in [0.05, 0.1) is 15.0 Å². The molecule has 17 heavy (non-hydrogen) atoms. The molecule has 2 N–H and O–H groups in total. The molecule has 2 aromatic heterocycles.